The molecule has 0 radical (unpaired) electrons. The Morgan fingerprint density at radius 2 is 0.415 bits per heavy atom. The number of ether oxygens (including phenoxy) is 14. The van der Waals surface area contributed by atoms with E-state index < -0.39 is 267 Å². The van der Waals surface area contributed by atoms with Crippen LogP contribution in [0.15, 0.2) is 0 Å². The Bertz CT molecular complexity index is 1930. The van der Waals surface area contributed by atoms with E-state index in [1.807, 2.05) is 0 Å². The second kappa shape index (κ2) is 29.0. The van der Waals surface area contributed by atoms with Crippen LogP contribution in [-0.4, -0.2) is 391 Å². The molecule has 0 aromatic carbocycles. The van der Waals surface area contributed by atoms with Crippen molar-refractivity contribution in [2.24, 2.45) is 0 Å². The van der Waals surface area contributed by atoms with Crippen LogP contribution in [0.4, 0.5) is 0 Å². The number of rotatable bonds is 11. The van der Waals surface area contributed by atoms with Crippen molar-refractivity contribution < 1.29 is 179 Å². The molecule has 14 bridgehead atoms. The zero-order valence-corrected chi connectivity index (χ0v) is 43.9. The molecule has 21 rings (SSSR count). The van der Waals surface area contributed by atoms with E-state index in [0.29, 0.717) is 0 Å². The van der Waals surface area contributed by atoms with Crippen LogP contribution in [0.25, 0.3) is 0 Å². The van der Waals surface area contributed by atoms with Crippen molar-refractivity contribution in [1.29, 1.82) is 0 Å². The second-order valence-electron chi connectivity index (χ2n) is 20.8. The molecule has 0 aromatic heterocycles. The smallest absolute Gasteiger partial charge is 0.187 e. The lowest BCUT2D eigenvalue weighted by Crippen LogP contribution is -2.68. The Balaban J connectivity index is 1.09. The predicted molar refractivity (Wildman–Crippen MR) is 252 cm³/mol. The van der Waals surface area contributed by atoms with Gasteiger partial charge in [0.05, 0.1) is 58.5 Å². The van der Waals surface area contributed by atoms with Crippen LogP contribution >= 0.6 is 11.8 Å². The summed E-state index contributed by atoms with van der Waals surface area (Å²) in [7, 11) is 0. The van der Waals surface area contributed by atoms with E-state index in [1.54, 1.807) is 0 Å². The summed E-state index contributed by atoms with van der Waals surface area (Å²) in [6.45, 7) is -7.00. The Kier molecular flexibility index (Phi) is 23.7. The van der Waals surface area contributed by atoms with Crippen molar-refractivity contribution >= 4 is 11.8 Å². The van der Waals surface area contributed by atoms with E-state index in [9.17, 15) is 112 Å². The van der Waals surface area contributed by atoms with E-state index in [2.05, 4.69) is 0 Å². The predicted octanol–water partition coefficient (Wildman–Crippen LogP) is -15.1. The highest BCUT2D eigenvalue weighted by molar-refractivity contribution is 7.99. The first kappa shape index (κ1) is 66.9. The SMILES string of the molecule is OCC(O)CSC[C@H]1O[C@@H]2O[C@H]3[C@H](O)[C@@H](O)[C@@H](O[C@H]4[C@H](O)[C@@H](O)[C@@H](O[C@H]5[C@H](O)[C@@H](O)[C@@H](O[C@H]6[C@H](O)[C@@H](O)[C@@H](O[C@H]7[C@H](O)[C@@H](O)[C@@H](O[C@H]8[C@H](O)[C@@H](O)[C@@H](O[C@H]1[C@H](O)[C@H]2O)O[C@@H]8CO)O[C@@H]7CO)O[C@@H]6CO)O[C@@H]5CO)O[C@@H]4CO)O[C@@H]3CO. The Labute approximate surface area is 468 Å². The molecular formula is C45H76O36S. The van der Waals surface area contributed by atoms with Gasteiger partial charge in [0.25, 0.3) is 0 Å². The fourth-order valence-electron chi connectivity index (χ4n) is 10.8. The minimum Gasteiger partial charge on any atom is -0.394 e. The quantitative estimate of drug-likeness (QED) is 0.0913. The molecule has 478 valence electrons. The summed E-state index contributed by atoms with van der Waals surface area (Å²) in [6.07, 6.45) is -71.4. The maximum absolute atomic E-state index is 11.7. The molecule has 21 saturated heterocycles. The van der Waals surface area contributed by atoms with Crippen LogP contribution < -0.4 is 0 Å². The highest BCUT2D eigenvalue weighted by Gasteiger charge is 2.59. The third kappa shape index (κ3) is 13.7. The monoisotopic (exact) mass is 1220 g/mol. The topological polar surface area (TPSA) is 574 Å². The molecule has 22 N–H and O–H groups in total. The van der Waals surface area contributed by atoms with Crippen LogP contribution in [0.2, 0.25) is 0 Å². The molecule has 21 fully saturated rings. The third-order valence-electron chi connectivity index (χ3n) is 15.4. The number of thioether (sulfide) groups is 1. The standard InChI is InChI=1S/C45H76O36S/c46-1-10(53)8-82-9-17-38-24(60)31(67)45(74-17)80-37-16(7-52)72-43(29(65)22(37)58)78-35-14(5-50)70-41(27(63)20(35)56)76-33-12(3-48)68-39(25(61)18(33)54)75-32-11(2-47)69-40(26(62)19(32)55)77-34-13(4-49)71-42(28(64)21(34)57)79-36-15(6-51)73-44(81-38)30(66)23(36)59/h10-67H,1-9H2/t10?,11-,12-,13-,14-,15-,16-,17-,18-,19-,20-,21-,22-,23-,24-,25-,26-,27-,28-,29-,30-,31-,32-,33-,34-,35-,36-,37-,38-,39-,40-,41-,42-,43-,44-,45-/m1/s1. The summed E-state index contributed by atoms with van der Waals surface area (Å²) < 4.78 is 80.7. The van der Waals surface area contributed by atoms with Gasteiger partial charge < -0.3 is 179 Å². The van der Waals surface area contributed by atoms with Gasteiger partial charge in [-0.25, -0.2) is 0 Å². The first-order valence-electron chi connectivity index (χ1n) is 26.3. The first-order valence-corrected chi connectivity index (χ1v) is 27.4. The molecule has 0 aromatic rings. The fraction of sp³-hybridized carbons (Fsp3) is 1.00. The number of hydrogen-bond acceptors (Lipinski definition) is 37. The Morgan fingerprint density at radius 3 is 0.585 bits per heavy atom. The van der Waals surface area contributed by atoms with Crippen LogP contribution in [0.3, 0.4) is 0 Å². The van der Waals surface area contributed by atoms with Gasteiger partial charge in [-0.2, -0.15) is 11.8 Å². The maximum atomic E-state index is 11.7. The average molecular weight is 1230 g/mol. The number of aliphatic hydroxyl groups is 22. The first-order chi connectivity index (χ1) is 39.0. The minimum atomic E-state index is -2.22. The molecule has 0 amide bonds. The highest BCUT2D eigenvalue weighted by Crippen LogP contribution is 2.39. The largest absolute Gasteiger partial charge is 0.394 e. The molecule has 82 heavy (non-hydrogen) atoms. The van der Waals surface area contributed by atoms with Crippen molar-refractivity contribution in [2.45, 2.75) is 221 Å². The van der Waals surface area contributed by atoms with Crippen molar-refractivity contribution in [1.82, 2.24) is 0 Å². The molecule has 36 nitrogen and oxygen atoms in total. The molecule has 36 atom stereocenters. The van der Waals surface area contributed by atoms with E-state index in [4.69, 9.17) is 66.3 Å². The van der Waals surface area contributed by atoms with Gasteiger partial charge in [0.1, 0.15) is 165 Å². The highest BCUT2D eigenvalue weighted by atomic mass is 32.2. The van der Waals surface area contributed by atoms with Crippen molar-refractivity contribution in [3.05, 3.63) is 0 Å². The van der Waals surface area contributed by atoms with Gasteiger partial charge in [-0.3, -0.25) is 0 Å². The molecule has 0 saturated carbocycles. The lowest BCUT2D eigenvalue weighted by molar-refractivity contribution is -0.396. The number of aliphatic hydroxyl groups excluding tert-OH is 22. The summed E-state index contributed by atoms with van der Waals surface area (Å²) in [5.41, 5.74) is 0. The van der Waals surface area contributed by atoms with E-state index in [-0.39, 0.29) is 11.5 Å². The lowest BCUT2D eigenvalue weighted by atomic mass is 9.95. The van der Waals surface area contributed by atoms with Crippen LogP contribution in [0.1, 0.15) is 0 Å². The van der Waals surface area contributed by atoms with Gasteiger partial charge in [0.15, 0.2) is 44.0 Å². The van der Waals surface area contributed by atoms with Crippen molar-refractivity contribution in [3.8, 4) is 0 Å². The van der Waals surface area contributed by atoms with E-state index >= 15 is 0 Å². The summed E-state index contributed by atoms with van der Waals surface area (Å²) in [5.74, 6) is -0.468. The van der Waals surface area contributed by atoms with Gasteiger partial charge in [-0.05, 0) is 0 Å². The normalized spacial score (nSPS) is 53.1. The molecule has 37 heteroatoms. The zero-order chi connectivity index (χ0) is 59.8. The van der Waals surface area contributed by atoms with Gasteiger partial charge >= 0.3 is 0 Å². The molecule has 21 aliphatic rings. The van der Waals surface area contributed by atoms with Crippen LogP contribution in [0, 0.1) is 0 Å². The summed E-state index contributed by atoms with van der Waals surface area (Å²) in [6, 6.07) is 0. The van der Waals surface area contributed by atoms with Crippen molar-refractivity contribution in [3.63, 3.8) is 0 Å². The fourth-order valence-corrected chi connectivity index (χ4v) is 11.8. The van der Waals surface area contributed by atoms with Gasteiger partial charge in [-0.15, -0.1) is 0 Å². The molecule has 21 heterocycles. The molecule has 0 spiro atoms. The maximum Gasteiger partial charge on any atom is 0.187 e. The molecule has 0 aliphatic carbocycles. The van der Waals surface area contributed by atoms with E-state index in [1.165, 1.54) is 0 Å². The number of hydrogen-bond donors (Lipinski definition) is 22. The van der Waals surface area contributed by atoms with Gasteiger partial charge in [-0.1, -0.05) is 0 Å². The van der Waals surface area contributed by atoms with Gasteiger partial charge in [0, 0.05) is 11.5 Å². The average Bonchev–Trinajstić information content (AvgIpc) is 3.15. The van der Waals surface area contributed by atoms with Crippen LogP contribution in [-0.2, 0) is 66.3 Å². The lowest BCUT2D eigenvalue weighted by Gasteiger charge is -2.50. The molecule has 21 aliphatic heterocycles. The summed E-state index contributed by atoms with van der Waals surface area (Å²) in [5, 5.41) is 242. The second-order valence-corrected chi connectivity index (χ2v) is 21.9. The Hall–Kier alpha value is -1.09. The Morgan fingerprint density at radius 1 is 0.244 bits per heavy atom. The third-order valence-corrected chi connectivity index (χ3v) is 16.6. The minimum absolute atomic E-state index is 0.168. The van der Waals surface area contributed by atoms with Gasteiger partial charge in [0.2, 0.25) is 0 Å². The van der Waals surface area contributed by atoms with E-state index in [0.717, 1.165) is 11.8 Å². The zero-order valence-electron chi connectivity index (χ0n) is 43.1. The summed E-state index contributed by atoms with van der Waals surface area (Å²) in [4.78, 5) is 0. The van der Waals surface area contributed by atoms with Crippen LogP contribution in [0.5, 0.6) is 0 Å². The van der Waals surface area contributed by atoms with Crippen molar-refractivity contribution in [2.75, 3.05) is 57.8 Å². The molecule has 1 unspecified atom stereocenters. The molecular weight excluding hydrogens is 1150 g/mol. The summed E-state index contributed by atoms with van der Waals surface area (Å²) >= 11 is 0.898.